The Kier molecular flexibility index (Phi) is 6.02. The van der Waals surface area contributed by atoms with Crippen molar-refractivity contribution in [3.05, 3.63) is 95.0 Å². The Morgan fingerprint density at radius 1 is 0.861 bits per heavy atom. The van der Waals surface area contributed by atoms with E-state index in [0.717, 1.165) is 43.1 Å². The molecular formula is C28H24N2O5S. The zero-order valence-electron chi connectivity index (χ0n) is 19.7. The normalized spacial score (nSPS) is 14.9. The fraction of sp³-hybridized carbons (Fsp3) is 0.214. The van der Waals surface area contributed by atoms with Crippen LogP contribution < -0.4 is 14.0 Å². The van der Waals surface area contributed by atoms with E-state index < -0.39 is 15.9 Å². The van der Waals surface area contributed by atoms with E-state index >= 15 is 0 Å². The van der Waals surface area contributed by atoms with Gasteiger partial charge in [-0.1, -0.05) is 61.4 Å². The Labute approximate surface area is 209 Å². The van der Waals surface area contributed by atoms with Crippen molar-refractivity contribution in [3.8, 4) is 17.2 Å². The van der Waals surface area contributed by atoms with Crippen molar-refractivity contribution in [1.29, 1.82) is 5.39 Å². The van der Waals surface area contributed by atoms with Gasteiger partial charge in [-0.15, -0.1) is 0 Å². The summed E-state index contributed by atoms with van der Waals surface area (Å²) in [6.07, 6.45) is 4.22. The van der Waals surface area contributed by atoms with Crippen molar-refractivity contribution < 1.29 is 22.4 Å². The number of fused-ring (bicyclic) bond motifs is 1. The van der Waals surface area contributed by atoms with Crippen LogP contribution in [-0.2, 0) is 15.5 Å². The second-order valence-corrected chi connectivity index (χ2v) is 10.5. The Hall–Kier alpha value is -4.09. The van der Waals surface area contributed by atoms with Crippen LogP contribution in [0.1, 0.15) is 36.8 Å². The summed E-state index contributed by atoms with van der Waals surface area (Å²) in [5.74, 6) is 0.395. The third kappa shape index (κ3) is 4.01. The molecule has 0 atom stereocenters. The molecule has 0 amide bonds. The highest BCUT2D eigenvalue weighted by molar-refractivity contribution is 7.87. The summed E-state index contributed by atoms with van der Waals surface area (Å²) >= 11 is 0. The Balaban J connectivity index is 1.49. The largest absolute Gasteiger partial charge is 0.867 e. The van der Waals surface area contributed by atoms with E-state index in [9.17, 15) is 18.9 Å². The summed E-state index contributed by atoms with van der Waals surface area (Å²) in [7, 11) is -2.68. The topological polar surface area (TPSA) is 104 Å². The van der Waals surface area contributed by atoms with Crippen LogP contribution in [0.5, 0.6) is 17.2 Å². The van der Waals surface area contributed by atoms with E-state index in [4.69, 9.17) is 8.92 Å². The predicted molar refractivity (Wildman–Crippen MR) is 135 cm³/mol. The van der Waals surface area contributed by atoms with Crippen molar-refractivity contribution in [1.82, 2.24) is 0 Å². The maximum absolute atomic E-state index is 13.2. The molecule has 1 saturated carbocycles. The highest BCUT2D eigenvalue weighted by Crippen LogP contribution is 2.47. The van der Waals surface area contributed by atoms with Crippen molar-refractivity contribution >= 4 is 26.6 Å². The molecule has 0 aromatic heterocycles. The van der Waals surface area contributed by atoms with E-state index in [-0.39, 0.29) is 32.5 Å². The summed E-state index contributed by atoms with van der Waals surface area (Å²) < 4.78 is 37.2. The van der Waals surface area contributed by atoms with E-state index in [1.54, 1.807) is 31.4 Å². The lowest BCUT2D eigenvalue weighted by Crippen LogP contribution is -2.23. The minimum Gasteiger partial charge on any atom is -0.867 e. The molecule has 0 bridgehead atoms. The molecule has 36 heavy (non-hydrogen) atoms. The van der Waals surface area contributed by atoms with Gasteiger partial charge in [0.25, 0.3) is 0 Å². The summed E-state index contributed by atoms with van der Waals surface area (Å²) in [6, 6.07) is 22.5. The first-order valence-corrected chi connectivity index (χ1v) is 13.1. The Bertz CT molecular complexity index is 1570. The molecule has 0 spiro atoms. The van der Waals surface area contributed by atoms with Crippen LogP contribution in [0.3, 0.4) is 0 Å². The molecule has 0 heterocycles. The molecule has 182 valence electrons. The number of ether oxygens (including phenoxy) is 1. The monoisotopic (exact) mass is 500 g/mol. The molecule has 1 aliphatic carbocycles. The number of hydrogen-bond donors (Lipinski definition) is 0. The minimum absolute atomic E-state index is 0.132. The van der Waals surface area contributed by atoms with E-state index in [2.05, 4.69) is 17.1 Å². The van der Waals surface area contributed by atoms with Crippen LogP contribution >= 0.6 is 0 Å². The molecule has 0 N–H and O–H groups in total. The van der Waals surface area contributed by atoms with Gasteiger partial charge in [-0.25, -0.2) is 0 Å². The van der Waals surface area contributed by atoms with Crippen LogP contribution in [0.15, 0.2) is 83.8 Å². The molecule has 4 aromatic carbocycles. The molecule has 0 aliphatic heterocycles. The zero-order valence-corrected chi connectivity index (χ0v) is 20.5. The van der Waals surface area contributed by atoms with Gasteiger partial charge in [0.2, 0.25) is 5.39 Å². The first-order chi connectivity index (χ1) is 17.4. The number of methoxy groups -OCH3 is 1. The maximum Gasteiger partial charge on any atom is 0.379 e. The molecule has 1 aliphatic rings. The van der Waals surface area contributed by atoms with Gasteiger partial charge in [0.15, 0.2) is 4.98 Å². The zero-order chi connectivity index (χ0) is 25.3. The average Bonchev–Trinajstić information content (AvgIpc) is 3.40. The van der Waals surface area contributed by atoms with Gasteiger partial charge in [-0.3, -0.25) is 0 Å². The smallest absolute Gasteiger partial charge is 0.379 e. The van der Waals surface area contributed by atoms with Crippen LogP contribution in [-0.4, -0.2) is 15.5 Å². The molecule has 1 fully saturated rings. The number of benzene rings is 4. The first-order valence-electron chi connectivity index (χ1n) is 11.7. The van der Waals surface area contributed by atoms with Gasteiger partial charge in [0, 0.05) is 10.8 Å². The average molecular weight is 501 g/mol. The highest BCUT2D eigenvalue weighted by atomic mass is 32.2. The molecule has 0 saturated heterocycles. The Morgan fingerprint density at radius 2 is 1.42 bits per heavy atom. The molecular weight excluding hydrogens is 476 g/mol. The minimum atomic E-state index is -4.32. The predicted octanol–water partition coefficient (Wildman–Crippen LogP) is 6.03. The quantitative estimate of drug-likeness (QED) is 0.236. The second kappa shape index (κ2) is 9.17. The number of rotatable bonds is 6. The van der Waals surface area contributed by atoms with Crippen molar-refractivity contribution in [2.45, 2.75) is 36.0 Å². The van der Waals surface area contributed by atoms with Crippen LogP contribution in [0.25, 0.3) is 15.7 Å². The van der Waals surface area contributed by atoms with Crippen LogP contribution in [0.2, 0.25) is 0 Å². The fourth-order valence-corrected chi connectivity index (χ4v) is 6.37. The summed E-state index contributed by atoms with van der Waals surface area (Å²) in [6.45, 7) is 0. The number of nitrogens with zero attached hydrogens (tertiary/aromatic N) is 2. The van der Waals surface area contributed by atoms with Crippen LogP contribution in [0.4, 0.5) is 5.69 Å². The second-order valence-electron chi connectivity index (χ2n) is 8.95. The number of diazo groups is 1. The highest BCUT2D eigenvalue weighted by Gasteiger charge is 2.37. The molecule has 0 radical (unpaired) electrons. The van der Waals surface area contributed by atoms with E-state index in [1.807, 2.05) is 24.3 Å². The van der Waals surface area contributed by atoms with Gasteiger partial charge in [-0.05, 0) is 59.4 Å². The standard InChI is InChI=1S/C28H24N2O5S/c1-34-21-12-8-19(9-13-21)28(16-4-5-17-28)20-10-14-22(15-11-20)35-36(32,33)26-18-25(30-29)27(31)24-7-3-2-6-23(24)26/h2-3,6-15,18H,4-5,16-17H2,1H3. The summed E-state index contributed by atoms with van der Waals surface area (Å²) in [5.41, 5.74) is 1.78. The van der Waals surface area contributed by atoms with Gasteiger partial charge in [0.05, 0.1) is 13.2 Å². The lowest BCUT2D eigenvalue weighted by atomic mass is 9.73. The van der Waals surface area contributed by atoms with Gasteiger partial charge in [0.1, 0.15) is 16.4 Å². The van der Waals surface area contributed by atoms with Crippen molar-refractivity contribution in [3.63, 3.8) is 0 Å². The van der Waals surface area contributed by atoms with Gasteiger partial charge in [-0.2, -0.15) is 8.42 Å². The summed E-state index contributed by atoms with van der Waals surface area (Å²) in [5, 5.41) is 22.0. The first kappa shape index (κ1) is 23.6. The van der Waals surface area contributed by atoms with Gasteiger partial charge >= 0.3 is 15.8 Å². The fourth-order valence-electron chi connectivity index (χ4n) is 5.22. The molecule has 5 rings (SSSR count). The molecule has 4 aromatic rings. The maximum atomic E-state index is 13.2. The van der Waals surface area contributed by atoms with E-state index in [1.165, 1.54) is 17.7 Å². The Morgan fingerprint density at radius 3 is 1.97 bits per heavy atom. The van der Waals surface area contributed by atoms with E-state index in [0.29, 0.717) is 0 Å². The van der Waals surface area contributed by atoms with Gasteiger partial charge < -0.3 is 14.0 Å². The van der Waals surface area contributed by atoms with Crippen LogP contribution in [0, 0.1) is 5.39 Å². The lowest BCUT2D eigenvalue weighted by molar-refractivity contribution is -0.264. The molecule has 0 unspecified atom stereocenters. The summed E-state index contributed by atoms with van der Waals surface area (Å²) in [4.78, 5) is 2.73. The third-order valence-corrected chi connectivity index (χ3v) is 8.32. The molecule has 8 heteroatoms. The number of hydrogen-bond acceptors (Lipinski definition) is 6. The molecule has 7 nitrogen and oxygen atoms in total. The third-order valence-electron chi connectivity index (χ3n) is 7.03. The van der Waals surface area contributed by atoms with Crippen molar-refractivity contribution in [2.75, 3.05) is 7.11 Å². The van der Waals surface area contributed by atoms with Crippen molar-refractivity contribution in [2.24, 2.45) is 0 Å². The SMILES string of the molecule is COc1ccc(C2(c3ccc(OS(=O)(=O)c4cc([N+]#N)c([O-])c5ccccc45)cc3)CCCC2)cc1. The lowest BCUT2D eigenvalue weighted by Gasteiger charge is -2.30.